The first kappa shape index (κ1) is 37.0. The molecule has 3 nitrogen and oxygen atoms in total. The maximum atomic E-state index is 2.45. The predicted octanol–water partition coefficient (Wildman–Crippen LogP) is 17.0. The fourth-order valence-corrected chi connectivity index (χ4v) is 11.5. The van der Waals surface area contributed by atoms with Gasteiger partial charge in [-0.05, 0) is 136 Å². The summed E-state index contributed by atoms with van der Waals surface area (Å²) in [5, 5.41) is 7.67. The molecule has 0 spiro atoms. The van der Waals surface area contributed by atoms with Crippen LogP contribution in [0.5, 0.6) is 0 Å². The van der Waals surface area contributed by atoms with Crippen molar-refractivity contribution >= 4 is 77.0 Å². The van der Waals surface area contributed by atoms with Gasteiger partial charge >= 0.3 is 0 Å². The average Bonchev–Trinajstić information content (AvgIpc) is 4.07. The van der Waals surface area contributed by atoms with Gasteiger partial charge in [-0.2, -0.15) is 0 Å². The van der Waals surface area contributed by atoms with Crippen LogP contribution < -0.4 is 4.90 Å². The second kappa shape index (κ2) is 13.8. The maximum Gasteiger partial charge on any atom is 0.0620 e. The van der Waals surface area contributed by atoms with Gasteiger partial charge in [0.1, 0.15) is 0 Å². The van der Waals surface area contributed by atoms with Crippen molar-refractivity contribution in [1.82, 2.24) is 8.97 Å². The van der Waals surface area contributed by atoms with E-state index in [0.29, 0.717) is 0 Å². The number of para-hydroxylation sites is 4. The van der Waals surface area contributed by atoms with Crippen molar-refractivity contribution in [2.75, 3.05) is 4.90 Å². The highest BCUT2D eigenvalue weighted by Crippen LogP contribution is 2.51. The lowest BCUT2D eigenvalue weighted by Crippen LogP contribution is -2.16. The summed E-state index contributed by atoms with van der Waals surface area (Å²) in [6.45, 7) is 4.73. The second-order valence-electron chi connectivity index (χ2n) is 18.5. The van der Waals surface area contributed by atoms with Gasteiger partial charge in [-0.3, -0.25) is 0 Å². The normalized spacial score (nSPS) is 13.1. The largest absolute Gasteiger partial charge is 0.310 e. The van der Waals surface area contributed by atoms with Crippen LogP contribution in [0.25, 0.3) is 99.0 Å². The van der Waals surface area contributed by atoms with Crippen molar-refractivity contribution in [3.8, 4) is 39.1 Å². The standard InChI is InChI=1S/C63H43N3/c1-63(2)56-20-10-6-16-48(56)49-34-33-47(39-57(49)63)64(45-29-24-40(25-30-45)42-28-35-61-53(36-42)50-17-7-11-21-58(50)65(61)44-14-4-3-5-15-44)46-31-26-41(27-32-46)43-37-54-51-18-8-12-22-59(51)66-60-23-13-9-19-52(60)55(38-43)62(54)66/h3-39H,1-2H3. The Morgan fingerprint density at radius 1 is 0.333 bits per heavy atom. The first-order valence-corrected chi connectivity index (χ1v) is 23.0. The Morgan fingerprint density at radius 2 is 0.818 bits per heavy atom. The van der Waals surface area contributed by atoms with E-state index >= 15 is 0 Å². The molecule has 0 unspecified atom stereocenters. The molecule has 0 aliphatic heterocycles. The van der Waals surface area contributed by atoms with Crippen LogP contribution in [0, 0.1) is 0 Å². The van der Waals surface area contributed by atoms with E-state index < -0.39 is 0 Å². The van der Waals surface area contributed by atoms with Gasteiger partial charge < -0.3 is 13.9 Å². The Bertz CT molecular complexity index is 3970. The molecule has 310 valence electrons. The Labute approximate surface area is 383 Å². The summed E-state index contributed by atoms with van der Waals surface area (Å²) in [6.07, 6.45) is 0. The molecule has 66 heavy (non-hydrogen) atoms. The number of fused-ring (bicyclic) bond motifs is 12. The van der Waals surface area contributed by atoms with Crippen molar-refractivity contribution in [2.24, 2.45) is 0 Å². The predicted molar refractivity (Wildman–Crippen MR) is 279 cm³/mol. The molecule has 0 amide bonds. The van der Waals surface area contributed by atoms with Crippen molar-refractivity contribution in [2.45, 2.75) is 19.3 Å². The Balaban J connectivity index is 0.890. The fourth-order valence-electron chi connectivity index (χ4n) is 11.5. The van der Waals surface area contributed by atoms with Crippen LogP contribution in [0.3, 0.4) is 0 Å². The lowest BCUT2D eigenvalue weighted by molar-refractivity contribution is 0.660. The van der Waals surface area contributed by atoms with Crippen molar-refractivity contribution < 1.29 is 0 Å². The number of anilines is 3. The van der Waals surface area contributed by atoms with E-state index in [-0.39, 0.29) is 5.41 Å². The van der Waals surface area contributed by atoms with Gasteiger partial charge in [-0.15, -0.1) is 0 Å². The van der Waals surface area contributed by atoms with Crippen LogP contribution in [0.2, 0.25) is 0 Å². The van der Waals surface area contributed by atoms with Gasteiger partial charge in [-0.1, -0.05) is 147 Å². The highest BCUT2D eigenvalue weighted by atomic mass is 15.1. The van der Waals surface area contributed by atoms with Gasteiger partial charge in [-0.25, -0.2) is 0 Å². The van der Waals surface area contributed by atoms with Gasteiger partial charge in [0.2, 0.25) is 0 Å². The van der Waals surface area contributed by atoms with E-state index in [0.717, 1.165) is 17.1 Å². The van der Waals surface area contributed by atoms with E-state index in [2.05, 4.69) is 252 Å². The molecular weight excluding hydrogens is 799 g/mol. The summed E-state index contributed by atoms with van der Waals surface area (Å²) in [6, 6.07) is 83.1. The number of hydrogen-bond acceptors (Lipinski definition) is 1. The summed E-state index contributed by atoms with van der Waals surface area (Å²) >= 11 is 0. The molecular formula is C63H43N3. The molecule has 0 fully saturated rings. The van der Waals surface area contributed by atoms with Gasteiger partial charge in [0.05, 0.1) is 27.6 Å². The summed E-state index contributed by atoms with van der Waals surface area (Å²) in [7, 11) is 0. The lowest BCUT2D eigenvalue weighted by atomic mass is 9.82. The number of nitrogens with zero attached hydrogens (tertiary/aromatic N) is 3. The summed E-state index contributed by atoms with van der Waals surface area (Å²) < 4.78 is 4.83. The topological polar surface area (TPSA) is 12.6 Å². The average molecular weight is 842 g/mol. The third kappa shape index (κ3) is 5.26. The Morgan fingerprint density at radius 3 is 1.48 bits per heavy atom. The number of aromatic nitrogens is 2. The molecule has 3 heteroatoms. The second-order valence-corrected chi connectivity index (χ2v) is 18.5. The third-order valence-electron chi connectivity index (χ3n) is 14.6. The zero-order chi connectivity index (χ0) is 43.7. The van der Waals surface area contributed by atoms with Crippen molar-refractivity contribution in [3.05, 3.63) is 236 Å². The highest BCUT2D eigenvalue weighted by Gasteiger charge is 2.35. The summed E-state index contributed by atoms with van der Waals surface area (Å²) in [5.41, 5.74) is 20.8. The third-order valence-corrected chi connectivity index (χ3v) is 14.6. The number of rotatable bonds is 6. The molecule has 0 N–H and O–H groups in total. The monoisotopic (exact) mass is 841 g/mol. The molecule has 0 atom stereocenters. The molecule has 1 aliphatic rings. The lowest BCUT2D eigenvalue weighted by Gasteiger charge is -2.28. The van der Waals surface area contributed by atoms with Crippen LogP contribution in [-0.2, 0) is 5.41 Å². The summed E-state index contributed by atoms with van der Waals surface area (Å²) in [5.74, 6) is 0. The molecule has 0 bridgehead atoms. The van der Waals surface area contributed by atoms with E-state index in [9.17, 15) is 0 Å². The van der Waals surface area contributed by atoms with E-state index in [4.69, 9.17) is 0 Å². The zero-order valence-electron chi connectivity index (χ0n) is 36.7. The van der Waals surface area contributed by atoms with Gasteiger partial charge in [0.15, 0.2) is 0 Å². The quantitative estimate of drug-likeness (QED) is 0.162. The highest BCUT2D eigenvalue weighted by molar-refractivity contribution is 6.24. The van der Waals surface area contributed by atoms with E-state index in [1.165, 1.54) is 110 Å². The van der Waals surface area contributed by atoms with E-state index in [1.54, 1.807) is 0 Å². The van der Waals surface area contributed by atoms with Gasteiger partial charge in [0, 0.05) is 60.5 Å². The first-order valence-electron chi connectivity index (χ1n) is 23.0. The molecule has 3 aromatic heterocycles. The minimum absolute atomic E-state index is 0.120. The zero-order valence-corrected chi connectivity index (χ0v) is 36.7. The summed E-state index contributed by atoms with van der Waals surface area (Å²) in [4.78, 5) is 2.43. The number of hydrogen-bond donors (Lipinski definition) is 0. The van der Waals surface area contributed by atoms with Gasteiger partial charge in [0.25, 0.3) is 0 Å². The van der Waals surface area contributed by atoms with Crippen molar-refractivity contribution in [3.63, 3.8) is 0 Å². The SMILES string of the molecule is CC1(C)c2ccccc2-c2ccc(N(c3ccc(-c4ccc5c(c4)c4ccccc4n5-c4ccccc4)cc3)c3ccc(-c4cc5c6ccccc6n6c7ccccc7c(c4)c56)cc3)cc21. The Hall–Kier alpha value is -8.40. The van der Waals surface area contributed by atoms with Crippen molar-refractivity contribution in [1.29, 1.82) is 0 Å². The van der Waals surface area contributed by atoms with Crippen LogP contribution in [0.15, 0.2) is 224 Å². The molecule has 0 radical (unpaired) electrons. The molecule has 14 rings (SSSR count). The van der Waals surface area contributed by atoms with Crippen LogP contribution >= 0.6 is 0 Å². The minimum Gasteiger partial charge on any atom is -0.310 e. The van der Waals surface area contributed by atoms with Crippen LogP contribution in [0.1, 0.15) is 25.0 Å². The Kier molecular flexibility index (Phi) is 7.74. The van der Waals surface area contributed by atoms with Crippen LogP contribution in [-0.4, -0.2) is 8.97 Å². The first-order chi connectivity index (χ1) is 32.5. The molecule has 10 aromatic carbocycles. The molecule has 0 saturated carbocycles. The van der Waals surface area contributed by atoms with E-state index in [1.807, 2.05) is 0 Å². The molecule has 0 saturated heterocycles. The number of benzene rings is 10. The fraction of sp³-hybridized carbons (Fsp3) is 0.0476. The molecule has 3 heterocycles. The molecule has 1 aliphatic carbocycles. The minimum atomic E-state index is -0.120. The maximum absolute atomic E-state index is 2.45. The molecule has 13 aromatic rings. The smallest absolute Gasteiger partial charge is 0.0620 e. The van der Waals surface area contributed by atoms with Crippen LogP contribution in [0.4, 0.5) is 17.1 Å².